The minimum absolute atomic E-state index is 0.102. The summed E-state index contributed by atoms with van der Waals surface area (Å²) in [4.78, 5) is 18.0. The van der Waals surface area contributed by atoms with Crippen LogP contribution in [0.25, 0.3) is 0 Å². The maximum atomic E-state index is 10.2. The van der Waals surface area contributed by atoms with E-state index in [1.54, 1.807) is 24.4 Å². The molecule has 0 aliphatic carbocycles. The fourth-order valence-electron chi connectivity index (χ4n) is 0.665. The van der Waals surface area contributed by atoms with Crippen molar-refractivity contribution in [3.8, 4) is 0 Å². The summed E-state index contributed by atoms with van der Waals surface area (Å²) >= 11 is 0. The van der Waals surface area contributed by atoms with Gasteiger partial charge in [0, 0.05) is 12.4 Å². The van der Waals surface area contributed by atoms with Gasteiger partial charge in [0.1, 0.15) is 0 Å². The lowest BCUT2D eigenvalue weighted by atomic mass is 10.3. The molecule has 4 nitrogen and oxygen atoms in total. The fraction of sp³-hybridized carbons (Fsp3) is 0. The van der Waals surface area contributed by atoms with Crippen molar-refractivity contribution in [1.82, 2.24) is 4.98 Å². The zero-order valence-corrected chi connectivity index (χ0v) is 6.79. The Hall–Kier alpha value is -1.97. The number of aromatic nitrogens is 1. The molecule has 0 fully saturated rings. The molecular weight excluding hydrogens is 168 g/mol. The molecule has 0 saturated carbocycles. The van der Waals surface area contributed by atoms with E-state index in [4.69, 9.17) is 5.11 Å². The second-order valence-electron chi connectivity index (χ2n) is 2.19. The predicted molar refractivity (Wildman–Crippen MR) is 49.2 cm³/mol. The van der Waals surface area contributed by atoms with Gasteiger partial charge in [0.2, 0.25) is 0 Å². The lowest BCUT2D eigenvalue weighted by Gasteiger charge is -1.89. The fourth-order valence-corrected chi connectivity index (χ4v) is 0.665. The second-order valence-corrected chi connectivity index (χ2v) is 2.19. The molecule has 0 aliphatic rings. The number of aliphatic hydroxyl groups excluding tert-OH is 1. The number of aliphatic imine (C=N–C) groups is 1. The third-order valence-electron chi connectivity index (χ3n) is 1.28. The van der Waals surface area contributed by atoms with Gasteiger partial charge in [-0.2, -0.15) is 0 Å². The number of pyridine rings is 1. The van der Waals surface area contributed by atoms with E-state index in [1.807, 2.05) is 0 Å². The van der Waals surface area contributed by atoms with Crippen LogP contribution in [-0.4, -0.2) is 22.6 Å². The van der Waals surface area contributed by atoms with E-state index < -0.39 is 0 Å². The first kappa shape index (κ1) is 9.12. The molecule has 0 radical (unpaired) electrons. The molecule has 0 spiro atoms. The lowest BCUT2D eigenvalue weighted by molar-refractivity contribution is -0.104. The summed E-state index contributed by atoms with van der Waals surface area (Å²) in [5.74, 6) is 0.490. The van der Waals surface area contributed by atoms with Gasteiger partial charge in [0.25, 0.3) is 0 Å². The summed E-state index contributed by atoms with van der Waals surface area (Å²) in [5.41, 5.74) is 0.102. The van der Waals surface area contributed by atoms with E-state index >= 15 is 0 Å². The smallest absolute Gasteiger partial charge is 0.154 e. The van der Waals surface area contributed by atoms with Gasteiger partial charge in [-0.25, -0.2) is 9.98 Å². The Kier molecular flexibility index (Phi) is 3.38. The highest BCUT2D eigenvalue weighted by Gasteiger charge is 1.89. The van der Waals surface area contributed by atoms with Crippen molar-refractivity contribution in [2.75, 3.05) is 0 Å². The molecule has 1 rings (SSSR count). The summed E-state index contributed by atoms with van der Waals surface area (Å²) in [7, 11) is 0. The predicted octanol–water partition coefficient (Wildman–Crippen LogP) is 1.42. The zero-order valence-electron chi connectivity index (χ0n) is 6.79. The van der Waals surface area contributed by atoms with Gasteiger partial charge >= 0.3 is 0 Å². The second kappa shape index (κ2) is 4.82. The van der Waals surface area contributed by atoms with E-state index in [1.165, 1.54) is 6.21 Å². The summed E-state index contributed by atoms with van der Waals surface area (Å²) < 4.78 is 0. The molecule has 0 atom stereocenters. The van der Waals surface area contributed by atoms with Crippen molar-refractivity contribution in [2.45, 2.75) is 0 Å². The van der Waals surface area contributed by atoms with E-state index in [-0.39, 0.29) is 5.57 Å². The maximum absolute atomic E-state index is 10.2. The van der Waals surface area contributed by atoms with Crippen molar-refractivity contribution in [2.24, 2.45) is 4.99 Å². The Labute approximate surface area is 75.3 Å². The highest BCUT2D eigenvalue weighted by Crippen LogP contribution is 2.03. The Balaban J connectivity index is 2.74. The van der Waals surface area contributed by atoms with Crippen molar-refractivity contribution in [1.29, 1.82) is 0 Å². The number of carbonyl (C=O) groups excluding carboxylic acids is 1. The van der Waals surface area contributed by atoms with Crippen LogP contribution in [0.15, 0.2) is 41.2 Å². The Bertz CT molecular complexity index is 331. The first-order valence-corrected chi connectivity index (χ1v) is 3.61. The van der Waals surface area contributed by atoms with Crippen molar-refractivity contribution < 1.29 is 9.90 Å². The number of rotatable bonds is 3. The first-order chi connectivity index (χ1) is 6.36. The van der Waals surface area contributed by atoms with E-state index in [9.17, 15) is 4.79 Å². The molecule has 13 heavy (non-hydrogen) atoms. The SMILES string of the molecule is O=CC(/C=N/c1ccccn1)=C/O. The third-order valence-corrected chi connectivity index (χ3v) is 1.28. The number of aliphatic hydroxyl groups is 1. The minimum atomic E-state index is 0.102. The van der Waals surface area contributed by atoms with Crippen LogP contribution < -0.4 is 0 Å². The molecule has 1 heterocycles. The number of allylic oxidation sites excluding steroid dienone is 1. The highest BCUT2D eigenvalue weighted by molar-refractivity contribution is 6.02. The highest BCUT2D eigenvalue weighted by atomic mass is 16.2. The van der Waals surface area contributed by atoms with E-state index in [0.29, 0.717) is 18.4 Å². The Morgan fingerprint density at radius 3 is 2.92 bits per heavy atom. The topological polar surface area (TPSA) is 62.5 Å². The van der Waals surface area contributed by atoms with Crippen LogP contribution in [-0.2, 0) is 4.79 Å². The van der Waals surface area contributed by atoms with Crippen molar-refractivity contribution in [3.63, 3.8) is 0 Å². The largest absolute Gasteiger partial charge is 0.515 e. The number of carbonyl (C=O) groups is 1. The standard InChI is InChI=1S/C9H8N2O2/c12-6-8(7-13)5-11-9-3-1-2-4-10-9/h1-7,12H/b8-6+,11-5+. The molecule has 66 valence electrons. The van der Waals surface area contributed by atoms with Crippen LogP contribution in [0.2, 0.25) is 0 Å². The zero-order chi connectivity index (χ0) is 9.52. The van der Waals surface area contributed by atoms with Gasteiger partial charge in [-0.1, -0.05) is 6.07 Å². The monoisotopic (exact) mass is 176 g/mol. The normalized spacial score (nSPS) is 11.8. The van der Waals surface area contributed by atoms with Crippen LogP contribution in [0.5, 0.6) is 0 Å². The molecular formula is C9H8N2O2. The van der Waals surface area contributed by atoms with Crippen LogP contribution in [0, 0.1) is 0 Å². The summed E-state index contributed by atoms with van der Waals surface area (Å²) in [5, 5.41) is 8.50. The van der Waals surface area contributed by atoms with Gasteiger partial charge in [-0.05, 0) is 12.1 Å². The van der Waals surface area contributed by atoms with Gasteiger partial charge in [0.05, 0.1) is 11.8 Å². The maximum Gasteiger partial charge on any atom is 0.154 e. The number of nitrogens with zero attached hydrogens (tertiary/aromatic N) is 2. The molecule has 1 aromatic rings. The molecule has 0 aliphatic heterocycles. The first-order valence-electron chi connectivity index (χ1n) is 3.61. The molecule has 1 aromatic heterocycles. The Morgan fingerprint density at radius 2 is 2.38 bits per heavy atom. The number of aldehydes is 1. The molecule has 4 heteroatoms. The molecule has 1 N–H and O–H groups in total. The molecule has 0 unspecified atom stereocenters. The van der Waals surface area contributed by atoms with E-state index in [0.717, 1.165) is 0 Å². The van der Waals surface area contributed by atoms with Crippen LogP contribution in [0.3, 0.4) is 0 Å². The van der Waals surface area contributed by atoms with Crippen molar-refractivity contribution >= 4 is 18.3 Å². The molecule has 0 saturated heterocycles. The van der Waals surface area contributed by atoms with Gasteiger partial charge < -0.3 is 5.11 Å². The van der Waals surface area contributed by atoms with Crippen LogP contribution >= 0.6 is 0 Å². The van der Waals surface area contributed by atoms with Gasteiger partial charge in [0.15, 0.2) is 12.1 Å². The third kappa shape index (κ3) is 2.86. The summed E-state index contributed by atoms with van der Waals surface area (Å²) in [6, 6.07) is 5.24. The molecule has 0 bridgehead atoms. The van der Waals surface area contributed by atoms with Gasteiger partial charge in [-0.15, -0.1) is 0 Å². The lowest BCUT2D eigenvalue weighted by Crippen LogP contribution is -1.85. The van der Waals surface area contributed by atoms with Crippen molar-refractivity contribution in [3.05, 3.63) is 36.2 Å². The average molecular weight is 176 g/mol. The van der Waals surface area contributed by atoms with Gasteiger partial charge in [-0.3, -0.25) is 4.79 Å². The summed E-state index contributed by atoms with van der Waals surface area (Å²) in [6.45, 7) is 0. The Morgan fingerprint density at radius 1 is 1.54 bits per heavy atom. The number of hydrogen-bond donors (Lipinski definition) is 1. The minimum Gasteiger partial charge on any atom is -0.515 e. The average Bonchev–Trinajstić information content (AvgIpc) is 2.21. The quantitative estimate of drug-likeness (QED) is 0.328. The molecule has 0 amide bonds. The van der Waals surface area contributed by atoms with Crippen LogP contribution in [0.1, 0.15) is 0 Å². The van der Waals surface area contributed by atoms with Crippen LogP contribution in [0.4, 0.5) is 5.82 Å². The van der Waals surface area contributed by atoms with E-state index in [2.05, 4.69) is 9.98 Å². The molecule has 0 aromatic carbocycles. The summed E-state index contributed by atoms with van der Waals surface area (Å²) in [6.07, 6.45) is 4.04. The number of hydrogen-bond acceptors (Lipinski definition) is 4.